The number of aliphatic hydroxyl groups is 1. The van der Waals surface area contributed by atoms with E-state index in [-0.39, 0.29) is 12.6 Å². The summed E-state index contributed by atoms with van der Waals surface area (Å²) in [5.74, 6) is 0. The standard InChI is InChI=1S/C16H22N2O/c1-12-16(13-7-3-4-8-14(13)17-12)15(11-19)18-9-5-2-6-10-18/h3-4,7-8,15,17,19H,2,5-6,9-11H2,1H3. The van der Waals surface area contributed by atoms with E-state index in [0.717, 1.165) is 13.1 Å². The molecule has 3 heteroatoms. The summed E-state index contributed by atoms with van der Waals surface area (Å²) in [6.45, 7) is 4.51. The monoisotopic (exact) mass is 258 g/mol. The minimum absolute atomic E-state index is 0.136. The van der Waals surface area contributed by atoms with Crippen molar-refractivity contribution in [1.29, 1.82) is 0 Å². The van der Waals surface area contributed by atoms with Gasteiger partial charge in [0.2, 0.25) is 0 Å². The van der Waals surface area contributed by atoms with Crippen molar-refractivity contribution in [3.05, 3.63) is 35.5 Å². The number of hydrogen-bond acceptors (Lipinski definition) is 2. The van der Waals surface area contributed by atoms with Crippen LogP contribution in [0.1, 0.15) is 36.6 Å². The van der Waals surface area contributed by atoms with E-state index >= 15 is 0 Å². The third kappa shape index (κ3) is 2.28. The zero-order chi connectivity index (χ0) is 13.2. The number of likely N-dealkylation sites (tertiary alicyclic amines) is 1. The van der Waals surface area contributed by atoms with Gasteiger partial charge in [0.25, 0.3) is 0 Å². The molecule has 2 N–H and O–H groups in total. The lowest BCUT2D eigenvalue weighted by molar-refractivity contribution is 0.105. The second kappa shape index (κ2) is 5.35. The SMILES string of the molecule is Cc1[nH]c2ccccc2c1C(CO)N1CCCCC1. The van der Waals surface area contributed by atoms with Gasteiger partial charge in [-0.25, -0.2) is 0 Å². The Kier molecular flexibility index (Phi) is 3.58. The molecule has 3 nitrogen and oxygen atoms in total. The largest absolute Gasteiger partial charge is 0.394 e. The van der Waals surface area contributed by atoms with Crippen LogP contribution in [0.5, 0.6) is 0 Å². The molecule has 1 aliphatic heterocycles. The summed E-state index contributed by atoms with van der Waals surface area (Å²) in [6, 6.07) is 8.52. The second-order valence-electron chi connectivity index (χ2n) is 5.50. The van der Waals surface area contributed by atoms with Gasteiger partial charge in [0.05, 0.1) is 12.6 Å². The number of aliphatic hydroxyl groups excluding tert-OH is 1. The zero-order valence-electron chi connectivity index (χ0n) is 11.5. The molecule has 1 aromatic heterocycles. The fourth-order valence-electron chi connectivity index (χ4n) is 3.35. The Labute approximate surface area is 114 Å². The number of para-hydroxylation sites is 1. The lowest BCUT2D eigenvalue weighted by atomic mass is 9.99. The first kappa shape index (κ1) is 12.7. The number of aromatic nitrogens is 1. The third-order valence-electron chi connectivity index (χ3n) is 4.28. The number of nitrogens with zero attached hydrogens (tertiary/aromatic N) is 1. The Balaban J connectivity index is 2.02. The van der Waals surface area contributed by atoms with Crippen LogP contribution < -0.4 is 0 Å². The molecule has 1 atom stereocenters. The van der Waals surface area contributed by atoms with E-state index in [4.69, 9.17) is 0 Å². The summed E-state index contributed by atoms with van der Waals surface area (Å²) in [5, 5.41) is 11.1. The van der Waals surface area contributed by atoms with Gasteiger partial charge in [0.1, 0.15) is 0 Å². The molecule has 0 aliphatic carbocycles. The Morgan fingerprint density at radius 3 is 2.68 bits per heavy atom. The highest BCUT2D eigenvalue weighted by molar-refractivity contribution is 5.85. The van der Waals surface area contributed by atoms with Crippen molar-refractivity contribution in [2.24, 2.45) is 0 Å². The van der Waals surface area contributed by atoms with Crippen LogP contribution in [0.25, 0.3) is 10.9 Å². The fourth-order valence-corrected chi connectivity index (χ4v) is 3.35. The van der Waals surface area contributed by atoms with E-state index < -0.39 is 0 Å². The van der Waals surface area contributed by atoms with E-state index in [1.807, 2.05) is 0 Å². The molecular weight excluding hydrogens is 236 g/mol. The number of aryl methyl sites for hydroxylation is 1. The van der Waals surface area contributed by atoms with Crippen LogP contribution >= 0.6 is 0 Å². The fraction of sp³-hybridized carbons (Fsp3) is 0.500. The van der Waals surface area contributed by atoms with E-state index in [0.29, 0.717) is 0 Å². The van der Waals surface area contributed by atoms with Gasteiger partial charge in [-0.2, -0.15) is 0 Å². The van der Waals surface area contributed by atoms with Crippen molar-refractivity contribution < 1.29 is 5.11 Å². The molecule has 0 amide bonds. The topological polar surface area (TPSA) is 39.3 Å². The highest BCUT2D eigenvalue weighted by Crippen LogP contribution is 2.32. The summed E-state index contributed by atoms with van der Waals surface area (Å²) < 4.78 is 0. The van der Waals surface area contributed by atoms with Crippen LogP contribution in [0.4, 0.5) is 0 Å². The molecule has 1 aromatic carbocycles. The van der Waals surface area contributed by atoms with E-state index in [1.54, 1.807) is 0 Å². The van der Waals surface area contributed by atoms with E-state index in [9.17, 15) is 5.11 Å². The lowest BCUT2D eigenvalue weighted by Crippen LogP contribution is -2.35. The summed E-state index contributed by atoms with van der Waals surface area (Å²) >= 11 is 0. The Morgan fingerprint density at radius 2 is 1.95 bits per heavy atom. The molecule has 1 fully saturated rings. The molecule has 3 rings (SSSR count). The van der Waals surface area contributed by atoms with Gasteiger partial charge in [0.15, 0.2) is 0 Å². The van der Waals surface area contributed by atoms with Crippen molar-refractivity contribution in [2.75, 3.05) is 19.7 Å². The summed E-state index contributed by atoms with van der Waals surface area (Å²) in [7, 11) is 0. The average molecular weight is 258 g/mol. The van der Waals surface area contributed by atoms with Crippen LogP contribution in [-0.4, -0.2) is 34.7 Å². The van der Waals surface area contributed by atoms with Crippen LogP contribution in [0, 0.1) is 6.92 Å². The van der Waals surface area contributed by atoms with Gasteiger partial charge < -0.3 is 10.1 Å². The highest BCUT2D eigenvalue weighted by atomic mass is 16.3. The molecule has 2 aromatic rings. The summed E-state index contributed by atoms with van der Waals surface area (Å²) in [5.41, 5.74) is 3.64. The number of hydrogen-bond donors (Lipinski definition) is 2. The predicted molar refractivity (Wildman–Crippen MR) is 78.3 cm³/mol. The number of rotatable bonds is 3. The first-order valence-corrected chi connectivity index (χ1v) is 7.23. The number of aromatic amines is 1. The number of fused-ring (bicyclic) bond motifs is 1. The van der Waals surface area contributed by atoms with Crippen LogP contribution in [0.3, 0.4) is 0 Å². The molecule has 2 heterocycles. The molecular formula is C16H22N2O. The van der Waals surface area contributed by atoms with Gasteiger partial charge in [-0.15, -0.1) is 0 Å². The maximum atomic E-state index is 9.88. The van der Waals surface area contributed by atoms with Gasteiger partial charge in [0, 0.05) is 16.6 Å². The quantitative estimate of drug-likeness (QED) is 0.888. The normalized spacial score (nSPS) is 18.8. The lowest BCUT2D eigenvalue weighted by Gasteiger charge is -2.34. The van der Waals surface area contributed by atoms with Gasteiger partial charge >= 0.3 is 0 Å². The maximum absolute atomic E-state index is 9.88. The van der Waals surface area contributed by atoms with Crippen molar-refractivity contribution in [3.8, 4) is 0 Å². The molecule has 1 aliphatic rings. The van der Waals surface area contributed by atoms with Gasteiger partial charge in [-0.1, -0.05) is 24.6 Å². The summed E-state index contributed by atoms with van der Waals surface area (Å²) in [4.78, 5) is 5.88. The molecule has 102 valence electrons. The molecule has 1 unspecified atom stereocenters. The minimum Gasteiger partial charge on any atom is -0.394 e. The Hall–Kier alpha value is -1.32. The molecule has 0 spiro atoms. The first-order valence-electron chi connectivity index (χ1n) is 7.23. The predicted octanol–water partition coefficient (Wildman–Crippen LogP) is 3.00. The minimum atomic E-state index is 0.136. The van der Waals surface area contributed by atoms with Gasteiger partial charge in [-0.3, -0.25) is 4.90 Å². The smallest absolute Gasteiger partial charge is 0.0629 e. The molecule has 0 saturated carbocycles. The number of H-pyrrole nitrogens is 1. The second-order valence-corrected chi connectivity index (χ2v) is 5.50. The van der Waals surface area contributed by atoms with Crippen LogP contribution in [0.15, 0.2) is 24.3 Å². The number of benzene rings is 1. The molecule has 0 radical (unpaired) electrons. The van der Waals surface area contributed by atoms with Crippen LogP contribution in [0.2, 0.25) is 0 Å². The van der Waals surface area contributed by atoms with Crippen LogP contribution in [-0.2, 0) is 0 Å². The Morgan fingerprint density at radius 1 is 1.21 bits per heavy atom. The van der Waals surface area contributed by atoms with E-state index in [2.05, 4.69) is 41.1 Å². The summed E-state index contributed by atoms with van der Waals surface area (Å²) in [6.07, 6.45) is 3.82. The zero-order valence-corrected chi connectivity index (χ0v) is 11.5. The molecule has 19 heavy (non-hydrogen) atoms. The van der Waals surface area contributed by atoms with Crippen molar-refractivity contribution in [2.45, 2.75) is 32.2 Å². The first-order chi connectivity index (χ1) is 9.31. The highest BCUT2D eigenvalue weighted by Gasteiger charge is 2.25. The van der Waals surface area contributed by atoms with Crippen molar-refractivity contribution in [3.63, 3.8) is 0 Å². The molecule has 1 saturated heterocycles. The third-order valence-corrected chi connectivity index (χ3v) is 4.28. The van der Waals surface area contributed by atoms with E-state index in [1.165, 1.54) is 41.4 Å². The van der Waals surface area contributed by atoms with Crippen molar-refractivity contribution >= 4 is 10.9 Å². The maximum Gasteiger partial charge on any atom is 0.0629 e. The number of piperidine rings is 1. The van der Waals surface area contributed by atoms with Crippen molar-refractivity contribution in [1.82, 2.24) is 9.88 Å². The number of nitrogens with one attached hydrogen (secondary N) is 1. The van der Waals surface area contributed by atoms with Gasteiger partial charge in [-0.05, 0) is 44.5 Å². The Bertz CT molecular complexity index is 555. The molecule has 0 bridgehead atoms. The average Bonchev–Trinajstić information content (AvgIpc) is 2.78.